The normalized spacial score (nSPS) is 23.1. The minimum atomic E-state index is -0.583. The molecule has 9 heteroatoms. The van der Waals surface area contributed by atoms with Crippen molar-refractivity contribution in [1.29, 1.82) is 0 Å². The Kier molecular flexibility index (Phi) is 11.4. The van der Waals surface area contributed by atoms with Crippen molar-refractivity contribution in [2.75, 3.05) is 27.3 Å². The molecule has 0 amide bonds. The molecule has 2 heterocycles. The SMILES string of the molecule is CCC(C(=O)OC(=O)C(CC)=C1CC(c2ccc(OC)c(OC3CCCC3)c2)CN1)=C1CC(c2ccc(OC)c(OC3CCCC3)c2)CN1. The summed E-state index contributed by atoms with van der Waals surface area (Å²) >= 11 is 0. The van der Waals surface area contributed by atoms with Gasteiger partial charge in [-0.1, -0.05) is 26.0 Å². The predicted octanol–water partition coefficient (Wildman–Crippen LogP) is 7.60. The third-order valence-electron chi connectivity index (χ3n) is 10.6. The molecule has 6 rings (SSSR count). The number of carbonyl (C=O) groups is 2. The van der Waals surface area contributed by atoms with Crippen molar-refractivity contribution in [3.05, 3.63) is 70.1 Å². The number of benzene rings is 2. The van der Waals surface area contributed by atoms with E-state index in [0.29, 0.717) is 49.9 Å². The van der Waals surface area contributed by atoms with Gasteiger partial charge in [-0.05, 0) is 112 Å². The summed E-state index contributed by atoms with van der Waals surface area (Å²) in [6, 6.07) is 12.2. The summed E-state index contributed by atoms with van der Waals surface area (Å²) in [6.45, 7) is 5.21. The highest BCUT2D eigenvalue weighted by Crippen LogP contribution is 2.39. The Morgan fingerprint density at radius 2 is 1.04 bits per heavy atom. The van der Waals surface area contributed by atoms with E-state index >= 15 is 0 Å². The van der Waals surface area contributed by atoms with Gasteiger partial charge in [0.25, 0.3) is 0 Å². The lowest BCUT2D eigenvalue weighted by molar-refractivity contribution is -0.154. The fraction of sp³-hybridized carbons (Fsp3) is 0.550. The van der Waals surface area contributed by atoms with E-state index in [1.54, 1.807) is 14.2 Å². The van der Waals surface area contributed by atoms with Gasteiger partial charge in [0.1, 0.15) is 0 Å². The highest BCUT2D eigenvalue weighted by molar-refractivity contribution is 6.02. The number of allylic oxidation sites excluding steroid dienone is 2. The molecule has 2 aromatic carbocycles. The molecule has 0 bridgehead atoms. The van der Waals surface area contributed by atoms with Gasteiger partial charge in [-0.25, -0.2) is 9.59 Å². The van der Waals surface area contributed by atoms with Crippen LogP contribution in [0.1, 0.15) is 114 Å². The minimum absolute atomic E-state index is 0.159. The third kappa shape index (κ3) is 8.03. The van der Waals surface area contributed by atoms with Gasteiger partial charge < -0.3 is 34.3 Å². The van der Waals surface area contributed by atoms with E-state index in [9.17, 15) is 9.59 Å². The number of carbonyl (C=O) groups excluding carboxylic acids is 2. The molecule has 2 aromatic rings. The molecule has 0 aromatic heterocycles. The molecule has 4 aliphatic rings. The third-order valence-corrected chi connectivity index (χ3v) is 10.6. The molecule has 2 saturated heterocycles. The van der Waals surface area contributed by atoms with Gasteiger partial charge in [0.05, 0.1) is 37.6 Å². The Hall–Kier alpha value is -4.14. The Morgan fingerprint density at radius 3 is 1.41 bits per heavy atom. The summed E-state index contributed by atoms with van der Waals surface area (Å²) in [5.41, 5.74) is 4.95. The van der Waals surface area contributed by atoms with Crippen LogP contribution >= 0.6 is 0 Å². The highest BCUT2D eigenvalue weighted by Gasteiger charge is 2.31. The van der Waals surface area contributed by atoms with Crippen LogP contribution in [-0.2, 0) is 14.3 Å². The second-order valence-electron chi connectivity index (χ2n) is 13.7. The monoisotopic (exact) mass is 672 g/mol. The van der Waals surface area contributed by atoms with Crippen LogP contribution in [-0.4, -0.2) is 51.5 Å². The summed E-state index contributed by atoms with van der Waals surface area (Å²) in [5.74, 6) is 2.18. The van der Waals surface area contributed by atoms with Crippen LogP contribution in [0.4, 0.5) is 0 Å². The summed E-state index contributed by atoms with van der Waals surface area (Å²) in [6.07, 6.45) is 11.7. The standard InChI is InChI=1S/C40H52N2O7/c1-5-31(33-19-27(23-41-33)25-15-17-35(45-3)37(21-25)47-29-11-7-8-12-29)39(43)49-40(44)32(6-2)34-20-28(24-42-34)26-16-18-36(46-4)38(22-26)48-30-13-9-10-14-30/h15-18,21-22,27-30,41-42H,5-14,19-20,23-24H2,1-4H3. The van der Waals surface area contributed by atoms with E-state index in [1.165, 1.54) is 25.7 Å². The molecule has 2 atom stereocenters. The zero-order chi connectivity index (χ0) is 34.3. The largest absolute Gasteiger partial charge is 0.493 e. The lowest BCUT2D eigenvalue weighted by Gasteiger charge is -2.18. The van der Waals surface area contributed by atoms with Gasteiger partial charge >= 0.3 is 11.9 Å². The van der Waals surface area contributed by atoms with Crippen LogP contribution in [0.25, 0.3) is 0 Å². The first-order valence-electron chi connectivity index (χ1n) is 18.3. The summed E-state index contributed by atoms with van der Waals surface area (Å²) in [7, 11) is 3.33. The van der Waals surface area contributed by atoms with E-state index in [4.69, 9.17) is 23.7 Å². The fourth-order valence-corrected chi connectivity index (χ4v) is 7.82. The average Bonchev–Trinajstić information content (AvgIpc) is 3.95. The number of hydrogen-bond acceptors (Lipinski definition) is 9. The zero-order valence-electron chi connectivity index (χ0n) is 29.5. The number of nitrogens with one attached hydrogen (secondary N) is 2. The maximum atomic E-state index is 13.5. The lowest BCUT2D eigenvalue weighted by Crippen LogP contribution is -2.21. The Labute approximate surface area is 290 Å². The Bertz CT molecular complexity index is 1450. The molecule has 2 aliphatic heterocycles. The van der Waals surface area contributed by atoms with Crippen molar-refractivity contribution >= 4 is 11.9 Å². The van der Waals surface area contributed by atoms with Crippen LogP contribution < -0.4 is 29.6 Å². The summed E-state index contributed by atoms with van der Waals surface area (Å²) in [4.78, 5) is 26.9. The quantitative estimate of drug-likeness (QED) is 0.134. The second-order valence-corrected chi connectivity index (χ2v) is 13.7. The van der Waals surface area contributed by atoms with E-state index in [1.807, 2.05) is 26.0 Å². The first-order chi connectivity index (χ1) is 23.9. The maximum absolute atomic E-state index is 13.5. The number of esters is 2. The van der Waals surface area contributed by atoms with Gasteiger partial charge in [-0.15, -0.1) is 0 Å². The number of methoxy groups -OCH3 is 2. The molecule has 2 N–H and O–H groups in total. The van der Waals surface area contributed by atoms with Crippen LogP contribution in [0.5, 0.6) is 23.0 Å². The number of hydrogen-bond donors (Lipinski definition) is 2. The maximum Gasteiger partial charge on any atom is 0.343 e. The van der Waals surface area contributed by atoms with Crippen molar-refractivity contribution in [3.8, 4) is 23.0 Å². The van der Waals surface area contributed by atoms with Gasteiger partial charge in [0.15, 0.2) is 23.0 Å². The molecule has 9 nitrogen and oxygen atoms in total. The first kappa shape index (κ1) is 34.7. The molecule has 49 heavy (non-hydrogen) atoms. The fourth-order valence-electron chi connectivity index (χ4n) is 7.82. The van der Waals surface area contributed by atoms with E-state index in [-0.39, 0.29) is 24.0 Å². The minimum Gasteiger partial charge on any atom is -0.493 e. The summed E-state index contributed by atoms with van der Waals surface area (Å²) < 4.78 is 29.4. The molecular formula is C40H52N2O7. The molecule has 4 fully saturated rings. The van der Waals surface area contributed by atoms with Crippen molar-refractivity contribution in [2.24, 2.45) is 0 Å². The molecular weight excluding hydrogens is 620 g/mol. The predicted molar refractivity (Wildman–Crippen MR) is 188 cm³/mol. The zero-order valence-corrected chi connectivity index (χ0v) is 29.5. The highest BCUT2D eigenvalue weighted by atomic mass is 16.6. The van der Waals surface area contributed by atoms with E-state index < -0.39 is 11.9 Å². The van der Waals surface area contributed by atoms with E-state index in [2.05, 4.69) is 34.9 Å². The van der Waals surface area contributed by atoms with Crippen molar-refractivity contribution in [3.63, 3.8) is 0 Å². The number of rotatable bonds is 12. The van der Waals surface area contributed by atoms with Crippen LogP contribution in [0, 0.1) is 0 Å². The van der Waals surface area contributed by atoms with Crippen LogP contribution in [0.2, 0.25) is 0 Å². The number of ether oxygens (including phenoxy) is 5. The first-order valence-corrected chi connectivity index (χ1v) is 18.3. The van der Waals surface area contributed by atoms with Gasteiger partial charge in [0.2, 0.25) is 0 Å². The Balaban J connectivity index is 1.11. The smallest absolute Gasteiger partial charge is 0.343 e. The summed E-state index contributed by atoms with van der Waals surface area (Å²) in [5, 5.41) is 6.88. The van der Waals surface area contributed by atoms with Gasteiger partial charge in [-0.3, -0.25) is 0 Å². The average molecular weight is 673 g/mol. The molecule has 264 valence electrons. The van der Waals surface area contributed by atoms with Crippen molar-refractivity contribution < 1.29 is 33.3 Å². The molecule has 2 saturated carbocycles. The van der Waals surface area contributed by atoms with Gasteiger partial charge in [-0.2, -0.15) is 0 Å². The van der Waals surface area contributed by atoms with Crippen molar-refractivity contribution in [1.82, 2.24) is 10.6 Å². The van der Waals surface area contributed by atoms with Gasteiger partial charge in [0, 0.05) is 36.3 Å². The van der Waals surface area contributed by atoms with E-state index in [0.717, 1.165) is 71.2 Å². The molecule has 0 radical (unpaired) electrons. The topological polar surface area (TPSA) is 104 Å². The van der Waals surface area contributed by atoms with Crippen LogP contribution in [0.15, 0.2) is 58.9 Å². The van der Waals surface area contributed by atoms with Crippen molar-refractivity contribution in [2.45, 2.75) is 115 Å². The van der Waals surface area contributed by atoms with Crippen LogP contribution in [0.3, 0.4) is 0 Å². The molecule has 0 spiro atoms. The molecule has 2 unspecified atom stereocenters. The lowest BCUT2D eigenvalue weighted by atomic mass is 9.95. The second kappa shape index (κ2) is 16.0. The Morgan fingerprint density at radius 1 is 0.633 bits per heavy atom. The molecule has 2 aliphatic carbocycles.